The van der Waals surface area contributed by atoms with Crippen molar-refractivity contribution in [2.45, 2.75) is 19.9 Å². The van der Waals surface area contributed by atoms with Gasteiger partial charge in [0.05, 0.1) is 35.6 Å². The Labute approximate surface area is 195 Å². The average molecular weight is 461 g/mol. The Bertz CT molecular complexity index is 1400. The normalized spacial score (nSPS) is 16.0. The monoisotopic (exact) mass is 460 g/mol. The van der Waals surface area contributed by atoms with E-state index in [1.54, 1.807) is 17.6 Å². The molecular weight excluding hydrogens is 436 g/mol. The molecular formula is C26H24N2O4S. The summed E-state index contributed by atoms with van der Waals surface area (Å²) in [5.41, 5.74) is 2.50. The molecule has 1 atom stereocenters. The Kier molecular flexibility index (Phi) is 6.70. The number of methoxy groups -OCH3 is 1. The first-order chi connectivity index (χ1) is 16.0. The van der Waals surface area contributed by atoms with E-state index in [1.807, 2.05) is 73.7 Å². The van der Waals surface area contributed by atoms with Gasteiger partial charge in [-0.25, -0.2) is 9.79 Å². The summed E-state index contributed by atoms with van der Waals surface area (Å²) in [6.45, 7) is 4.23. The van der Waals surface area contributed by atoms with Crippen LogP contribution in [0.3, 0.4) is 0 Å². The van der Waals surface area contributed by atoms with Gasteiger partial charge in [-0.2, -0.15) is 0 Å². The van der Waals surface area contributed by atoms with E-state index in [9.17, 15) is 9.59 Å². The molecule has 0 saturated heterocycles. The first-order valence-electron chi connectivity index (χ1n) is 10.6. The number of nitrogens with zero attached hydrogens (tertiary/aromatic N) is 2. The standard InChI is InChI=1S/C26H24N2O4S/c1-4-32-20-15-13-19(14-16-20)23-22(25(30)31-3)17(2)27-26-28(23)24(29)21(33-26)12-8-11-18-9-6-5-7-10-18/h5-16,23H,4H2,1-3H3/b11-8+,21-12-. The molecule has 0 radical (unpaired) electrons. The minimum atomic E-state index is -0.635. The molecule has 7 heteroatoms. The third kappa shape index (κ3) is 4.59. The van der Waals surface area contributed by atoms with Crippen LogP contribution in [0.5, 0.6) is 5.75 Å². The zero-order valence-electron chi connectivity index (χ0n) is 18.6. The fourth-order valence-corrected chi connectivity index (χ4v) is 4.74. The Morgan fingerprint density at radius 1 is 1.15 bits per heavy atom. The molecule has 1 aromatic heterocycles. The number of hydrogen-bond acceptors (Lipinski definition) is 6. The summed E-state index contributed by atoms with van der Waals surface area (Å²) in [5.74, 6) is 0.216. The van der Waals surface area contributed by atoms with Crippen LogP contribution in [0.25, 0.3) is 12.2 Å². The van der Waals surface area contributed by atoms with Gasteiger partial charge in [0, 0.05) is 0 Å². The molecule has 1 aliphatic heterocycles. The SMILES string of the molecule is CCOc1ccc(C2C(C(=O)OC)=C(C)N=c3s/c(=C\C=C\c4ccccc4)c(=O)n32)cc1. The van der Waals surface area contributed by atoms with Crippen LogP contribution >= 0.6 is 11.3 Å². The lowest BCUT2D eigenvalue weighted by molar-refractivity contribution is -0.136. The van der Waals surface area contributed by atoms with Crippen molar-refractivity contribution in [2.75, 3.05) is 13.7 Å². The fourth-order valence-electron chi connectivity index (χ4n) is 3.75. The molecule has 33 heavy (non-hydrogen) atoms. The summed E-state index contributed by atoms with van der Waals surface area (Å²) < 4.78 is 12.7. The number of thiazole rings is 1. The van der Waals surface area contributed by atoms with Crippen LogP contribution < -0.4 is 19.6 Å². The van der Waals surface area contributed by atoms with E-state index >= 15 is 0 Å². The van der Waals surface area contributed by atoms with Crippen LogP contribution in [-0.4, -0.2) is 24.3 Å². The lowest BCUT2D eigenvalue weighted by Crippen LogP contribution is -2.39. The van der Waals surface area contributed by atoms with Crippen LogP contribution in [-0.2, 0) is 9.53 Å². The van der Waals surface area contributed by atoms with Gasteiger partial charge < -0.3 is 9.47 Å². The minimum absolute atomic E-state index is 0.204. The molecule has 1 aliphatic rings. The van der Waals surface area contributed by atoms with Gasteiger partial charge in [0.25, 0.3) is 5.56 Å². The lowest BCUT2D eigenvalue weighted by Gasteiger charge is -2.24. The highest BCUT2D eigenvalue weighted by Crippen LogP contribution is 2.31. The highest BCUT2D eigenvalue weighted by Gasteiger charge is 2.33. The quantitative estimate of drug-likeness (QED) is 0.528. The number of benzene rings is 2. The fraction of sp³-hybridized carbons (Fsp3) is 0.192. The molecule has 168 valence electrons. The van der Waals surface area contributed by atoms with Crippen molar-refractivity contribution in [3.8, 4) is 5.75 Å². The van der Waals surface area contributed by atoms with Crippen molar-refractivity contribution in [3.05, 3.63) is 103 Å². The number of fused-ring (bicyclic) bond motifs is 1. The maximum absolute atomic E-state index is 13.4. The predicted octanol–water partition coefficient (Wildman–Crippen LogP) is 3.47. The van der Waals surface area contributed by atoms with Crippen LogP contribution in [0.15, 0.2) is 81.7 Å². The summed E-state index contributed by atoms with van der Waals surface area (Å²) in [7, 11) is 1.33. The molecule has 2 heterocycles. The zero-order valence-corrected chi connectivity index (χ0v) is 19.5. The molecule has 4 rings (SSSR count). The number of rotatable bonds is 6. The molecule has 2 aromatic carbocycles. The number of ether oxygens (including phenoxy) is 2. The molecule has 0 amide bonds. The van der Waals surface area contributed by atoms with Gasteiger partial charge in [-0.3, -0.25) is 9.36 Å². The number of carbonyl (C=O) groups is 1. The first-order valence-corrected chi connectivity index (χ1v) is 11.4. The summed E-state index contributed by atoms with van der Waals surface area (Å²) in [4.78, 5) is 31.2. The number of hydrogen-bond donors (Lipinski definition) is 0. The lowest BCUT2D eigenvalue weighted by atomic mass is 9.96. The highest BCUT2D eigenvalue weighted by atomic mass is 32.1. The number of esters is 1. The smallest absolute Gasteiger partial charge is 0.338 e. The third-order valence-electron chi connectivity index (χ3n) is 5.27. The van der Waals surface area contributed by atoms with E-state index in [-0.39, 0.29) is 5.56 Å². The number of aromatic nitrogens is 1. The second kappa shape index (κ2) is 9.83. The minimum Gasteiger partial charge on any atom is -0.494 e. The van der Waals surface area contributed by atoms with Gasteiger partial charge in [-0.15, -0.1) is 0 Å². The molecule has 6 nitrogen and oxygen atoms in total. The van der Waals surface area contributed by atoms with E-state index in [4.69, 9.17) is 9.47 Å². The van der Waals surface area contributed by atoms with E-state index in [1.165, 1.54) is 18.4 Å². The van der Waals surface area contributed by atoms with Gasteiger partial charge in [0.15, 0.2) is 4.80 Å². The van der Waals surface area contributed by atoms with E-state index in [2.05, 4.69) is 4.99 Å². The third-order valence-corrected chi connectivity index (χ3v) is 6.27. The van der Waals surface area contributed by atoms with E-state index in [0.717, 1.165) is 16.9 Å². The molecule has 0 N–H and O–H groups in total. The second-order valence-electron chi connectivity index (χ2n) is 7.37. The molecule has 0 aliphatic carbocycles. The van der Waals surface area contributed by atoms with Crippen LogP contribution in [0.1, 0.15) is 31.0 Å². The van der Waals surface area contributed by atoms with Gasteiger partial charge in [0.1, 0.15) is 5.75 Å². The van der Waals surface area contributed by atoms with Crippen LogP contribution in [0.2, 0.25) is 0 Å². The van der Waals surface area contributed by atoms with Gasteiger partial charge in [0.2, 0.25) is 0 Å². The number of allylic oxidation sites excluding steroid dienone is 2. The predicted molar refractivity (Wildman–Crippen MR) is 130 cm³/mol. The summed E-state index contributed by atoms with van der Waals surface area (Å²) in [5, 5.41) is 0. The summed E-state index contributed by atoms with van der Waals surface area (Å²) >= 11 is 1.30. The van der Waals surface area contributed by atoms with Crippen molar-refractivity contribution in [1.82, 2.24) is 4.57 Å². The van der Waals surface area contributed by atoms with Gasteiger partial charge in [-0.1, -0.05) is 66.0 Å². The topological polar surface area (TPSA) is 69.9 Å². The summed E-state index contributed by atoms with van der Waals surface area (Å²) in [6.07, 6.45) is 5.57. The molecule has 0 fully saturated rings. The Hall–Kier alpha value is -3.71. The molecule has 0 saturated carbocycles. The van der Waals surface area contributed by atoms with Crippen LogP contribution in [0.4, 0.5) is 0 Å². The van der Waals surface area contributed by atoms with Crippen molar-refractivity contribution >= 4 is 29.5 Å². The Morgan fingerprint density at radius 2 is 1.88 bits per heavy atom. The first kappa shape index (κ1) is 22.5. The van der Waals surface area contributed by atoms with Gasteiger partial charge in [-0.05, 0) is 43.2 Å². The molecule has 0 spiro atoms. The number of carbonyl (C=O) groups excluding carboxylic acids is 1. The largest absolute Gasteiger partial charge is 0.494 e. The van der Waals surface area contributed by atoms with Crippen LogP contribution in [0, 0.1) is 0 Å². The molecule has 0 bridgehead atoms. The van der Waals surface area contributed by atoms with E-state index < -0.39 is 12.0 Å². The molecule has 1 unspecified atom stereocenters. The zero-order chi connectivity index (χ0) is 23.4. The van der Waals surface area contributed by atoms with Crippen molar-refractivity contribution in [2.24, 2.45) is 4.99 Å². The Morgan fingerprint density at radius 3 is 2.55 bits per heavy atom. The van der Waals surface area contributed by atoms with Crippen molar-refractivity contribution < 1.29 is 14.3 Å². The highest BCUT2D eigenvalue weighted by molar-refractivity contribution is 7.07. The Balaban J connectivity index is 1.83. The second-order valence-corrected chi connectivity index (χ2v) is 8.38. The molecule has 3 aromatic rings. The van der Waals surface area contributed by atoms with E-state index in [0.29, 0.717) is 27.2 Å². The maximum Gasteiger partial charge on any atom is 0.338 e. The maximum atomic E-state index is 13.4. The summed E-state index contributed by atoms with van der Waals surface area (Å²) in [6, 6.07) is 16.6. The van der Waals surface area contributed by atoms with Crippen molar-refractivity contribution in [3.63, 3.8) is 0 Å². The van der Waals surface area contributed by atoms with Crippen molar-refractivity contribution in [1.29, 1.82) is 0 Å². The van der Waals surface area contributed by atoms with Gasteiger partial charge >= 0.3 is 5.97 Å². The average Bonchev–Trinajstić information content (AvgIpc) is 3.14.